The SMILES string of the molecule is C[C@H](S)C(=O)N(CC(=O)O)C(=O)c1ccccc1. The summed E-state index contributed by atoms with van der Waals surface area (Å²) in [4.78, 5) is 35.2. The highest BCUT2D eigenvalue weighted by atomic mass is 32.1. The van der Waals surface area contributed by atoms with Crippen LogP contribution in [0.4, 0.5) is 0 Å². The molecule has 0 aromatic heterocycles. The number of amides is 2. The maximum atomic E-state index is 12.0. The van der Waals surface area contributed by atoms with Crippen molar-refractivity contribution in [3.8, 4) is 0 Å². The van der Waals surface area contributed by atoms with Crippen molar-refractivity contribution in [1.29, 1.82) is 0 Å². The summed E-state index contributed by atoms with van der Waals surface area (Å²) in [6, 6.07) is 8.05. The van der Waals surface area contributed by atoms with Crippen molar-refractivity contribution in [1.82, 2.24) is 4.90 Å². The number of carboxylic acid groups (broad SMARTS) is 1. The van der Waals surface area contributed by atoms with Gasteiger partial charge in [0, 0.05) is 5.56 Å². The van der Waals surface area contributed by atoms with E-state index in [4.69, 9.17) is 5.11 Å². The smallest absolute Gasteiger partial charge is 0.323 e. The van der Waals surface area contributed by atoms with Crippen LogP contribution in [-0.2, 0) is 9.59 Å². The molecule has 0 unspecified atom stereocenters. The second-order valence-electron chi connectivity index (χ2n) is 3.67. The van der Waals surface area contributed by atoms with Crippen molar-refractivity contribution in [3.63, 3.8) is 0 Å². The number of benzene rings is 1. The molecule has 6 heteroatoms. The zero-order valence-electron chi connectivity index (χ0n) is 9.74. The number of carbonyl (C=O) groups excluding carboxylic acids is 2. The normalized spacial score (nSPS) is 11.7. The molecule has 96 valence electrons. The molecule has 0 fully saturated rings. The Morgan fingerprint density at radius 2 is 1.83 bits per heavy atom. The quantitative estimate of drug-likeness (QED) is 0.800. The lowest BCUT2D eigenvalue weighted by Gasteiger charge is -2.20. The third kappa shape index (κ3) is 3.59. The van der Waals surface area contributed by atoms with E-state index in [0.29, 0.717) is 4.90 Å². The van der Waals surface area contributed by atoms with Gasteiger partial charge in [0.2, 0.25) is 5.91 Å². The molecule has 0 aliphatic heterocycles. The Morgan fingerprint density at radius 1 is 1.28 bits per heavy atom. The van der Waals surface area contributed by atoms with Gasteiger partial charge in [0.25, 0.3) is 5.91 Å². The molecular formula is C12H13NO4S. The van der Waals surface area contributed by atoms with E-state index in [0.717, 1.165) is 0 Å². The third-order valence-corrected chi connectivity index (χ3v) is 2.40. The van der Waals surface area contributed by atoms with Gasteiger partial charge in [-0.05, 0) is 19.1 Å². The third-order valence-electron chi connectivity index (χ3n) is 2.18. The molecule has 1 atom stereocenters. The molecule has 0 saturated heterocycles. The number of thiol groups is 1. The van der Waals surface area contributed by atoms with Crippen molar-refractivity contribution >= 4 is 30.4 Å². The lowest BCUT2D eigenvalue weighted by Crippen LogP contribution is -2.43. The summed E-state index contributed by atoms with van der Waals surface area (Å²) in [6.45, 7) is 0.816. The van der Waals surface area contributed by atoms with Crippen LogP contribution in [0, 0.1) is 0 Å². The Labute approximate surface area is 110 Å². The van der Waals surface area contributed by atoms with Gasteiger partial charge in [0.05, 0.1) is 5.25 Å². The van der Waals surface area contributed by atoms with Crippen LogP contribution in [0.25, 0.3) is 0 Å². The second kappa shape index (κ2) is 6.20. The molecule has 1 N–H and O–H groups in total. The minimum Gasteiger partial charge on any atom is -0.480 e. The first-order chi connectivity index (χ1) is 8.43. The molecule has 0 aliphatic carbocycles. The summed E-state index contributed by atoms with van der Waals surface area (Å²) in [7, 11) is 0. The fourth-order valence-electron chi connectivity index (χ4n) is 1.35. The highest BCUT2D eigenvalue weighted by Gasteiger charge is 2.27. The van der Waals surface area contributed by atoms with Crippen LogP contribution in [0.2, 0.25) is 0 Å². The highest BCUT2D eigenvalue weighted by molar-refractivity contribution is 7.81. The molecule has 1 aromatic rings. The number of carboxylic acids is 1. The van der Waals surface area contributed by atoms with E-state index in [-0.39, 0.29) is 5.56 Å². The Bertz CT molecular complexity index is 458. The number of imide groups is 1. The average molecular weight is 267 g/mol. The standard InChI is InChI=1S/C12H13NO4S/c1-8(18)11(16)13(7-10(14)15)12(17)9-5-3-2-4-6-9/h2-6,8,18H,7H2,1H3,(H,14,15)/t8-/m0/s1. The molecule has 5 nitrogen and oxygen atoms in total. The summed E-state index contributed by atoms with van der Waals surface area (Å²) in [5.41, 5.74) is 0.265. The van der Waals surface area contributed by atoms with Crippen LogP contribution in [0.15, 0.2) is 30.3 Å². The zero-order chi connectivity index (χ0) is 13.7. The van der Waals surface area contributed by atoms with Gasteiger partial charge >= 0.3 is 5.97 Å². The second-order valence-corrected chi connectivity index (χ2v) is 4.44. The number of hydrogen-bond donors (Lipinski definition) is 2. The van der Waals surface area contributed by atoms with Crippen molar-refractivity contribution < 1.29 is 19.5 Å². The van der Waals surface area contributed by atoms with Gasteiger partial charge in [-0.1, -0.05) is 18.2 Å². The fourth-order valence-corrected chi connectivity index (χ4v) is 1.49. The van der Waals surface area contributed by atoms with Gasteiger partial charge in [0.1, 0.15) is 6.54 Å². The highest BCUT2D eigenvalue weighted by Crippen LogP contribution is 2.08. The molecule has 0 heterocycles. The van der Waals surface area contributed by atoms with Crippen LogP contribution in [0.3, 0.4) is 0 Å². The summed E-state index contributed by atoms with van der Waals surface area (Å²) < 4.78 is 0. The lowest BCUT2D eigenvalue weighted by atomic mass is 10.2. The van der Waals surface area contributed by atoms with Crippen molar-refractivity contribution in [3.05, 3.63) is 35.9 Å². The minimum absolute atomic E-state index is 0.265. The van der Waals surface area contributed by atoms with Crippen molar-refractivity contribution in [2.45, 2.75) is 12.2 Å². The maximum absolute atomic E-state index is 12.0. The van der Waals surface area contributed by atoms with Crippen molar-refractivity contribution in [2.24, 2.45) is 0 Å². The van der Waals surface area contributed by atoms with Crippen LogP contribution >= 0.6 is 12.6 Å². The van der Waals surface area contributed by atoms with E-state index in [1.54, 1.807) is 18.2 Å². The van der Waals surface area contributed by atoms with Gasteiger partial charge in [-0.15, -0.1) is 0 Å². The summed E-state index contributed by atoms with van der Waals surface area (Å²) >= 11 is 3.93. The fraction of sp³-hybridized carbons (Fsp3) is 0.250. The molecule has 18 heavy (non-hydrogen) atoms. The predicted octanol–water partition coefficient (Wildman–Crippen LogP) is 1.06. The maximum Gasteiger partial charge on any atom is 0.323 e. The van der Waals surface area contributed by atoms with Crippen LogP contribution in [-0.4, -0.2) is 39.6 Å². The molecular weight excluding hydrogens is 254 g/mol. The molecule has 2 amide bonds. The average Bonchev–Trinajstić information content (AvgIpc) is 2.35. The monoisotopic (exact) mass is 267 g/mol. The van der Waals surface area contributed by atoms with Gasteiger partial charge in [-0.2, -0.15) is 12.6 Å². The first-order valence-corrected chi connectivity index (χ1v) is 5.75. The van der Waals surface area contributed by atoms with Crippen molar-refractivity contribution in [2.75, 3.05) is 6.54 Å². The molecule has 0 saturated carbocycles. The van der Waals surface area contributed by atoms with E-state index in [9.17, 15) is 14.4 Å². The lowest BCUT2D eigenvalue weighted by molar-refractivity contribution is -0.142. The Balaban J connectivity index is 3.00. The number of aliphatic carboxylic acids is 1. The number of carbonyl (C=O) groups is 3. The molecule has 0 bridgehead atoms. The minimum atomic E-state index is -1.25. The van der Waals surface area contributed by atoms with Gasteiger partial charge in [0.15, 0.2) is 0 Å². The van der Waals surface area contributed by atoms with E-state index in [1.165, 1.54) is 19.1 Å². The topological polar surface area (TPSA) is 74.7 Å². The van der Waals surface area contributed by atoms with E-state index >= 15 is 0 Å². The van der Waals surface area contributed by atoms with Gasteiger partial charge in [-0.3, -0.25) is 19.3 Å². The van der Waals surface area contributed by atoms with Gasteiger partial charge in [-0.25, -0.2) is 0 Å². The summed E-state index contributed by atoms with van der Waals surface area (Å²) in [5.74, 6) is -2.51. The number of nitrogens with zero attached hydrogens (tertiary/aromatic N) is 1. The molecule has 1 rings (SSSR count). The first-order valence-electron chi connectivity index (χ1n) is 5.24. The molecule has 1 aromatic carbocycles. The first kappa shape index (κ1) is 14.2. The largest absolute Gasteiger partial charge is 0.480 e. The summed E-state index contributed by atoms with van der Waals surface area (Å²) in [5, 5.41) is 8.00. The summed E-state index contributed by atoms with van der Waals surface area (Å²) in [6.07, 6.45) is 0. The Hall–Kier alpha value is -1.82. The number of hydrogen-bond acceptors (Lipinski definition) is 4. The molecule has 0 radical (unpaired) electrons. The molecule has 0 spiro atoms. The molecule has 0 aliphatic rings. The Kier molecular flexibility index (Phi) is 4.91. The predicted molar refractivity (Wildman–Crippen MR) is 68.6 cm³/mol. The zero-order valence-corrected chi connectivity index (χ0v) is 10.6. The van der Waals surface area contributed by atoms with Crippen LogP contribution in [0.1, 0.15) is 17.3 Å². The van der Waals surface area contributed by atoms with Crippen LogP contribution < -0.4 is 0 Å². The van der Waals surface area contributed by atoms with Crippen LogP contribution in [0.5, 0.6) is 0 Å². The van der Waals surface area contributed by atoms with Gasteiger partial charge < -0.3 is 5.11 Å². The number of rotatable bonds is 4. The van der Waals surface area contributed by atoms with E-state index in [1.807, 2.05) is 0 Å². The Morgan fingerprint density at radius 3 is 2.28 bits per heavy atom. The van der Waals surface area contributed by atoms with E-state index in [2.05, 4.69) is 12.6 Å². The van der Waals surface area contributed by atoms with E-state index < -0.39 is 29.6 Å².